The first-order chi connectivity index (χ1) is 8.91. The molecule has 0 bridgehead atoms. The van der Waals surface area contributed by atoms with E-state index < -0.39 is 5.60 Å². The van der Waals surface area contributed by atoms with Gasteiger partial charge >= 0.3 is 0 Å². The summed E-state index contributed by atoms with van der Waals surface area (Å²) in [5, 5.41) is 17.9. The van der Waals surface area contributed by atoms with Gasteiger partial charge < -0.3 is 15.7 Å². The van der Waals surface area contributed by atoms with Crippen LogP contribution in [0.25, 0.3) is 0 Å². The molecule has 0 amide bonds. The van der Waals surface area contributed by atoms with Gasteiger partial charge in [0.1, 0.15) is 5.84 Å². The van der Waals surface area contributed by atoms with Gasteiger partial charge in [0.15, 0.2) is 0 Å². The molecule has 2 rings (SSSR count). The van der Waals surface area contributed by atoms with E-state index in [1.54, 1.807) is 0 Å². The molecular weight excluding hydrogens is 306 g/mol. The fourth-order valence-corrected chi connectivity index (χ4v) is 3.26. The minimum Gasteiger partial charge on any atom is -0.388 e. The lowest BCUT2D eigenvalue weighted by Crippen LogP contribution is -2.39. The molecule has 5 heteroatoms. The van der Waals surface area contributed by atoms with Crippen molar-refractivity contribution in [3.63, 3.8) is 0 Å². The maximum Gasteiger partial charge on any atom is 0.123 e. The quantitative estimate of drug-likeness (QED) is 0.588. The van der Waals surface area contributed by atoms with Gasteiger partial charge in [0.2, 0.25) is 0 Å². The molecule has 0 saturated heterocycles. The number of rotatable bonds is 4. The van der Waals surface area contributed by atoms with Crippen LogP contribution in [-0.2, 0) is 0 Å². The molecule has 1 aliphatic rings. The third-order valence-corrected chi connectivity index (χ3v) is 4.41. The highest BCUT2D eigenvalue weighted by Gasteiger charge is 2.32. The van der Waals surface area contributed by atoms with E-state index in [1.807, 2.05) is 25.2 Å². The molecule has 0 unspecified atom stereocenters. The second-order valence-corrected chi connectivity index (χ2v) is 6.22. The summed E-state index contributed by atoms with van der Waals surface area (Å²) in [5.41, 5.74) is 6.64. The average Bonchev–Trinajstić information content (AvgIpc) is 2.75. The largest absolute Gasteiger partial charge is 0.388 e. The van der Waals surface area contributed by atoms with Crippen molar-refractivity contribution in [1.82, 2.24) is 0 Å². The van der Waals surface area contributed by atoms with Crippen molar-refractivity contribution in [2.45, 2.75) is 31.3 Å². The molecule has 19 heavy (non-hydrogen) atoms. The van der Waals surface area contributed by atoms with Crippen molar-refractivity contribution in [2.75, 3.05) is 18.5 Å². The van der Waals surface area contributed by atoms with E-state index in [4.69, 9.17) is 11.1 Å². The van der Waals surface area contributed by atoms with Crippen LogP contribution >= 0.6 is 15.9 Å². The molecule has 1 aromatic carbocycles. The first kappa shape index (κ1) is 14.3. The number of benzene rings is 1. The van der Waals surface area contributed by atoms with Gasteiger partial charge in [-0.1, -0.05) is 12.8 Å². The van der Waals surface area contributed by atoms with E-state index >= 15 is 0 Å². The molecule has 4 N–H and O–H groups in total. The van der Waals surface area contributed by atoms with E-state index in [9.17, 15) is 5.11 Å². The molecule has 0 radical (unpaired) electrons. The topological polar surface area (TPSA) is 73.3 Å². The maximum atomic E-state index is 10.4. The van der Waals surface area contributed by atoms with Crippen molar-refractivity contribution >= 4 is 27.5 Å². The van der Waals surface area contributed by atoms with Crippen molar-refractivity contribution in [1.29, 1.82) is 5.41 Å². The Labute approximate surface area is 122 Å². The Kier molecular flexibility index (Phi) is 4.16. The highest BCUT2D eigenvalue weighted by atomic mass is 79.9. The Bertz CT molecular complexity index is 484. The first-order valence-electron chi connectivity index (χ1n) is 6.49. The van der Waals surface area contributed by atoms with Crippen LogP contribution in [0.5, 0.6) is 0 Å². The van der Waals surface area contributed by atoms with E-state index in [0.29, 0.717) is 12.1 Å². The number of amidine groups is 1. The molecule has 0 atom stereocenters. The summed E-state index contributed by atoms with van der Waals surface area (Å²) in [7, 11) is 1.98. The monoisotopic (exact) mass is 325 g/mol. The normalized spacial score (nSPS) is 17.4. The number of hydrogen-bond donors (Lipinski definition) is 3. The molecular formula is C14H20BrN3O. The number of nitrogens with zero attached hydrogens (tertiary/aromatic N) is 1. The molecule has 1 aromatic rings. The number of likely N-dealkylation sites (N-methyl/N-ethyl adjacent to an activating group) is 1. The molecule has 0 spiro atoms. The summed E-state index contributed by atoms with van der Waals surface area (Å²) in [6.45, 7) is 0.638. The molecule has 1 saturated carbocycles. The number of aliphatic hydroxyl groups is 1. The summed E-state index contributed by atoms with van der Waals surface area (Å²) in [6, 6.07) is 5.70. The summed E-state index contributed by atoms with van der Waals surface area (Å²) in [5.74, 6) is 0.0514. The molecule has 0 aromatic heterocycles. The van der Waals surface area contributed by atoms with Gasteiger partial charge in [-0.2, -0.15) is 0 Å². The Morgan fingerprint density at radius 1 is 1.47 bits per heavy atom. The van der Waals surface area contributed by atoms with Crippen LogP contribution in [0.1, 0.15) is 31.2 Å². The first-order valence-corrected chi connectivity index (χ1v) is 7.28. The Balaban J connectivity index is 2.13. The van der Waals surface area contributed by atoms with Gasteiger partial charge in [0.25, 0.3) is 0 Å². The zero-order valence-electron chi connectivity index (χ0n) is 11.1. The van der Waals surface area contributed by atoms with Crippen LogP contribution in [0, 0.1) is 5.41 Å². The zero-order chi connectivity index (χ0) is 14.0. The number of nitrogens with one attached hydrogen (secondary N) is 1. The van der Waals surface area contributed by atoms with Gasteiger partial charge in [-0.3, -0.25) is 5.41 Å². The van der Waals surface area contributed by atoms with Crippen molar-refractivity contribution in [2.24, 2.45) is 5.73 Å². The standard InChI is InChI=1S/C14H20BrN3O/c1-18(9-14(19)6-2-3-7-14)10-4-5-11(13(16)17)12(15)8-10/h4-5,8,19H,2-3,6-7,9H2,1H3,(H3,16,17). The molecule has 1 fully saturated rings. The van der Waals surface area contributed by atoms with Crippen molar-refractivity contribution in [3.8, 4) is 0 Å². The predicted octanol–water partition coefficient (Wildman–Crippen LogP) is 2.47. The minimum atomic E-state index is -0.555. The smallest absolute Gasteiger partial charge is 0.123 e. The van der Waals surface area contributed by atoms with Crippen LogP contribution < -0.4 is 10.6 Å². The third kappa shape index (κ3) is 3.28. The van der Waals surface area contributed by atoms with Crippen molar-refractivity contribution in [3.05, 3.63) is 28.2 Å². The lowest BCUT2D eigenvalue weighted by atomic mass is 10.0. The lowest BCUT2D eigenvalue weighted by molar-refractivity contribution is 0.0559. The van der Waals surface area contributed by atoms with Crippen LogP contribution in [0.2, 0.25) is 0 Å². The SMILES string of the molecule is CN(CC1(O)CCCC1)c1ccc(C(=N)N)c(Br)c1. The van der Waals surface area contributed by atoms with Crippen LogP contribution in [0.3, 0.4) is 0 Å². The molecule has 0 aliphatic heterocycles. The molecule has 104 valence electrons. The average molecular weight is 326 g/mol. The van der Waals surface area contributed by atoms with E-state index in [1.165, 1.54) is 0 Å². The number of halogens is 1. The van der Waals surface area contributed by atoms with E-state index in [-0.39, 0.29) is 5.84 Å². The zero-order valence-corrected chi connectivity index (χ0v) is 12.7. The molecule has 4 nitrogen and oxygen atoms in total. The van der Waals surface area contributed by atoms with Gasteiger partial charge in [-0.15, -0.1) is 0 Å². The number of anilines is 1. The number of nitrogen functional groups attached to an aromatic ring is 1. The van der Waals surface area contributed by atoms with Gasteiger partial charge in [0, 0.05) is 29.3 Å². The second kappa shape index (κ2) is 5.51. The summed E-state index contributed by atoms with van der Waals surface area (Å²) < 4.78 is 0.808. The fourth-order valence-electron chi connectivity index (χ4n) is 2.68. The van der Waals surface area contributed by atoms with Crippen LogP contribution in [-0.4, -0.2) is 30.1 Å². The lowest BCUT2D eigenvalue weighted by Gasteiger charge is -2.30. The van der Waals surface area contributed by atoms with Gasteiger partial charge in [0.05, 0.1) is 5.60 Å². The Morgan fingerprint density at radius 2 is 2.11 bits per heavy atom. The minimum absolute atomic E-state index is 0.0514. The predicted molar refractivity (Wildman–Crippen MR) is 81.8 cm³/mol. The Morgan fingerprint density at radius 3 is 2.63 bits per heavy atom. The Hall–Kier alpha value is -1.07. The van der Waals surface area contributed by atoms with Crippen molar-refractivity contribution < 1.29 is 5.11 Å². The maximum absolute atomic E-state index is 10.4. The summed E-state index contributed by atoms with van der Waals surface area (Å²) >= 11 is 3.43. The molecule has 0 heterocycles. The third-order valence-electron chi connectivity index (χ3n) is 3.75. The second-order valence-electron chi connectivity index (χ2n) is 5.37. The van der Waals surface area contributed by atoms with Crippen LogP contribution in [0.15, 0.2) is 22.7 Å². The van der Waals surface area contributed by atoms with E-state index in [0.717, 1.165) is 35.8 Å². The van der Waals surface area contributed by atoms with Gasteiger partial charge in [-0.25, -0.2) is 0 Å². The van der Waals surface area contributed by atoms with Crippen LogP contribution in [0.4, 0.5) is 5.69 Å². The van der Waals surface area contributed by atoms with Gasteiger partial charge in [-0.05, 0) is 47.0 Å². The highest BCUT2D eigenvalue weighted by molar-refractivity contribution is 9.10. The highest BCUT2D eigenvalue weighted by Crippen LogP contribution is 2.32. The summed E-state index contributed by atoms with van der Waals surface area (Å²) in [4.78, 5) is 2.06. The molecule has 1 aliphatic carbocycles. The number of hydrogen-bond acceptors (Lipinski definition) is 3. The summed E-state index contributed by atoms with van der Waals surface area (Å²) in [6.07, 6.45) is 3.97. The van der Waals surface area contributed by atoms with E-state index in [2.05, 4.69) is 20.8 Å². The fraction of sp³-hybridized carbons (Fsp3) is 0.500. The number of nitrogens with two attached hydrogens (primary N) is 1.